The van der Waals surface area contributed by atoms with Crippen molar-refractivity contribution in [3.63, 3.8) is 0 Å². The molecule has 0 bridgehead atoms. The fourth-order valence-electron chi connectivity index (χ4n) is 1.47. The zero-order chi connectivity index (χ0) is 15.4. The number of para-hydroxylation sites is 1. The summed E-state index contributed by atoms with van der Waals surface area (Å²) in [5.74, 6) is -0.393. The lowest BCUT2D eigenvalue weighted by atomic mass is 10.2. The van der Waals surface area contributed by atoms with E-state index in [4.69, 9.17) is 16.7 Å². The minimum absolute atomic E-state index is 0.137. The largest absolute Gasteiger partial charge is 0.418 e. The van der Waals surface area contributed by atoms with E-state index in [1.165, 1.54) is 6.07 Å². The number of hydrogen-bond donors (Lipinski definition) is 2. The molecule has 9 heteroatoms. The molecule has 0 unspecified atom stereocenters. The van der Waals surface area contributed by atoms with Crippen LogP contribution in [-0.2, 0) is 16.2 Å². The van der Waals surface area contributed by atoms with Gasteiger partial charge >= 0.3 is 6.18 Å². The maximum Gasteiger partial charge on any atom is 0.418 e. The first-order valence-corrected chi connectivity index (χ1v) is 7.67. The predicted molar refractivity (Wildman–Crippen MR) is 70.2 cm³/mol. The number of aliphatic hydroxyl groups is 1. The van der Waals surface area contributed by atoms with Crippen molar-refractivity contribution in [1.82, 2.24) is 0 Å². The molecule has 0 aliphatic rings. The van der Waals surface area contributed by atoms with Gasteiger partial charge in [-0.05, 0) is 25.0 Å². The molecule has 1 aromatic rings. The molecule has 0 heterocycles. The number of anilines is 1. The van der Waals surface area contributed by atoms with Crippen LogP contribution in [0.25, 0.3) is 0 Å². The first kappa shape index (κ1) is 17.1. The van der Waals surface area contributed by atoms with E-state index in [9.17, 15) is 21.6 Å². The van der Waals surface area contributed by atoms with Crippen LogP contribution in [0.2, 0.25) is 5.02 Å². The van der Waals surface area contributed by atoms with Crippen LogP contribution in [0, 0.1) is 0 Å². The van der Waals surface area contributed by atoms with Crippen LogP contribution >= 0.6 is 11.6 Å². The second kappa shape index (κ2) is 6.64. The molecule has 114 valence electrons. The summed E-state index contributed by atoms with van der Waals surface area (Å²) < 4.78 is 63.6. The maximum absolute atomic E-state index is 12.8. The van der Waals surface area contributed by atoms with E-state index < -0.39 is 33.2 Å². The van der Waals surface area contributed by atoms with Gasteiger partial charge < -0.3 is 5.11 Å². The van der Waals surface area contributed by atoms with Gasteiger partial charge in [-0.3, -0.25) is 4.72 Å². The fourth-order valence-corrected chi connectivity index (χ4v) is 2.97. The van der Waals surface area contributed by atoms with Gasteiger partial charge in [0.25, 0.3) is 0 Å². The third kappa shape index (κ3) is 4.84. The van der Waals surface area contributed by atoms with Crippen LogP contribution in [0.5, 0.6) is 0 Å². The van der Waals surface area contributed by atoms with Gasteiger partial charge in [0.15, 0.2) is 0 Å². The van der Waals surface area contributed by atoms with E-state index in [0.717, 1.165) is 12.1 Å². The number of hydrogen-bond acceptors (Lipinski definition) is 3. The number of halogens is 4. The minimum atomic E-state index is -4.71. The predicted octanol–water partition coefficient (Wildman–Crippen LogP) is 2.87. The Labute approximate surface area is 119 Å². The molecule has 0 aliphatic carbocycles. The fraction of sp³-hybridized carbons (Fsp3) is 0.455. The van der Waals surface area contributed by atoms with Gasteiger partial charge in [0.1, 0.15) is 0 Å². The van der Waals surface area contributed by atoms with Gasteiger partial charge in [-0.1, -0.05) is 17.7 Å². The highest BCUT2D eigenvalue weighted by Gasteiger charge is 2.35. The molecule has 20 heavy (non-hydrogen) atoms. The lowest BCUT2D eigenvalue weighted by molar-refractivity contribution is -0.136. The van der Waals surface area contributed by atoms with Crippen LogP contribution in [0.3, 0.4) is 0 Å². The number of sulfonamides is 1. The Morgan fingerprint density at radius 1 is 1.25 bits per heavy atom. The highest BCUT2D eigenvalue weighted by Crippen LogP contribution is 2.38. The van der Waals surface area contributed by atoms with E-state index in [2.05, 4.69) is 0 Å². The van der Waals surface area contributed by atoms with Crippen LogP contribution in [0.1, 0.15) is 18.4 Å². The second-order valence-corrected chi connectivity index (χ2v) is 6.26. The quantitative estimate of drug-likeness (QED) is 0.788. The van der Waals surface area contributed by atoms with Gasteiger partial charge in [0.2, 0.25) is 10.0 Å². The Morgan fingerprint density at radius 3 is 2.45 bits per heavy atom. The highest BCUT2D eigenvalue weighted by atomic mass is 35.5. The number of benzene rings is 1. The van der Waals surface area contributed by atoms with E-state index >= 15 is 0 Å². The van der Waals surface area contributed by atoms with Crippen molar-refractivity contribution in [3.05, 3.63) is 28.8 Å². The Kier molecular flexibility index (Phi) is 5.67. The number of rotatable bonds is 6. The van der Waals surface area contributed by atoms with Gasteiger partial charge in [0.05, 0.1) is 22.0 Å². The molecule has 0 aliphatic heterocycles. The van der Waals surface area contributed by atoms with Crippen LogP contribution in [0.4, 0.5) is 18.9 Å². The standard InChI is InChI=1S/C11H13ClF3NO3S/c12-9-5-3-4-8(11(13,14)15)10(9)16-20(18,19)7-2-1-6-17/h3-5,16-17H,1-2,6-7H2. The molecule has 0 saturated carbocycles. The number of alkyl halides is 3. The highest BCUT2D eigenvalue weighted by molar-refractivity contribution is 7.92. The molecule has 0 fully saturated rings. The Bertz CT molecular complexity index is 561. The average Bonchev–Trinajstić information content (AvgIpc) is 2.30. The lowest BCUT2D eigenvalue weighted by Gasteiger charge is -2.16. The van der Waals surface area contributed by atoms with Crippen molar-refractivity contribution in [3.8, 4) is 0 Å². The van der Waals surface area contributed by atoms with Gasteiger partial charge in [-0.15, -0.1) is 0 Å². The zero-order valence-electron chi connectivity index (χ0n) is 10.2. The summed E-state index contributed by atoms with van der Waals surface area (Å²) in [6, 6.07) is 3.01. The molecular weight excluding hydrogens is 319 g/mol. The van der Waals surface area contributed by atoms with Crippen molar-refractivity contribution in [2.24, 2.45) is 0 Å². The molecule has 0 amide bonds. The van der Waals surface area contributed by atoms with Crippen LogP contribution in [-0.4, -0.2) is 25.9 Å². The normalized spacial score (nSPS) is 12.4. The van der Waals surface area contributed by atoms with Crippen molar-refractivity contribution in [2.75, 3.05) is 17.1 Å². The van der Waals surface area contributed by atoms with Crippen molar-refractivity contribution in [2.45, 2.75) is 19.0 Å². The SMILES string of the molecule is O=S(=O)(CCCCO)Nc1c(Cl)cccc1C(F)(F)F. The Balaban J connectivity index is 3.03. The van der Waals surface area contributed by atoms with Crippen LogP contribution in [0.15, 0.2) is 18.2 Å². The molecule has 0 atom stereocenters. The summed E-state index contributed by atoms with van der Waals surface area (Å²) in [5.41, 5.74) is -1.82. The zero-order valence-corrected chi connectivity index (χ0v) is 11.8. The molecule has 0 spiro atoms. The molecule has 0 aromatic heterocycles. The van der Waals surface area contributed by atoms with Gasteiger partial charge in [-0.2, -0.15) is 13.2 Å². The lowest BCUT2D eigenvalue weighted by Crippen LogP contribution is -2.20. The van der Waals surface area contributed by atoms with Gasteiger partial charge in [-0.25, -0.2) is 8.42 Å². The molecular formula is C11H13ClF3NO3S. The van der Waals surface area contributed by atoms with E-state index in [0.29, 0.717) is 0 Å². The smallest absolute Gasteiger partial charge is 0.396 e. The molecule has 4 nitrogen and oxygen atoms in total. The summed E-state index contributed by atoms with van der Waals surface area (Å²) in [6.07, 6.45) is -4.33. The third-order valence-electron chi connectivity index (χ3n) is 2.40. The van der Waals surface area contributed by atoms with Crippen molar-refractivity contribution in [1.29, 1.82) is 0 Å². The summed E-state index contributed by atoms with van der Waals surface area (Å²) in [7, 11) is -3.96. The summed E-state index contributed by atoms with van der Waals surface area (Å²) in [4.78, 5) is 0. The Morgan fingerprint density at radius 2 is 1.90 bits per heavy atom. The average molecular weight is 332 g/mol. The molecule has 1 rings (SSSR count). The first-order valence-electron chi connectivity index (χ1n) is 5.64. The van der Waals surface area contributed by atoms with E-state index in [1.807, 2.05) is 4.72 Å². The number of nitrogens with one attached hydrogen (secondary N) is 1. The Hall–Kier alpha value is -0.990. The van der Waals surface area contributed by atoms with Crippen molar-refractivity contribution >= 4 is 27.3 Å². The van der Waals surface area contributed by atoms with Crippen molar-refractivity contribution < 1.29 is 26.7 Å². The van der Waals surface area contributed by atoms with E-state index in [1.54, 1.807) is 0 Å². The summed E-state index contributed by atoms with van der Waals surface area (Å²) >= 11 is 5.64. The summed E-state index contributed by atoms with van der Waals surface area (Å²) in [5, 5.41) is 8.23. The number of aliphatic hydroxyl groups excluding tert-OH is 1. The summed E-state index contributed by atoms with van der Waals surface area (Å²) in [6.45, 7) is -0.185. The number of unbranched alkanes of at least 4 members (excludes halogenated alkanes) is 1. The van der Waals surface area contributed by atoms with Crippen LogP contribution < -0.4 is 4.72 Å². The monoisotopic (exact) mass is 331 g/mol. The maximum atomic E-state index is 12.8. The molecule has 0 radical (unpaired) electrons. The molecule has 1 aromatic carbocycles. The minimum Gasteiger partial charge on any atom is -0.396 e. The molecule has 0 saturated heterocycles. The first-order chi connectivity index (χ1) is 9.17. The third-order valence-corrected chi connectivity index (χ3v) is 4.05. The molecule has 2 N–H and O–H groups in total. The topological polar surface area (TPSA) is 66.4 Å². The van der Waals surface area contributed by atoms with Gasteiger partial charge in [0, 0.05) is 6.61 Å². The second-order valence-electron chi connectivity index (χ2n) is 4.01. The van der Waals surface area contributed by atoms with E-state index in [-0.39, 0.29) is 24.5 Å².